The van der Waals surface area contributed by atoms with E-state index in [0.29, 0.717) is 6.54 Å². The average Bonchev–Trinajstić information content (AvgIpc) is 2.79. The van der Waals surface area contributed by atoms with Crippen LogP contribution in [0.2, 0.25) is 0 Å². The number of aliphatic hydroxyl groups excluding tert-OH is 1. The summed E-state index contributed by atoms with van der Waals surface area (Å²) in [5, 5.41) is 16.4. The average molecular weight is 291 g/mol. The lowest BCUT2D eigenvalue weighted by Gasteiger charge is -2.39. The van der Waals surface area contributed by atoms with Gasteiger partial charge >= 0.3 is 0 Å². The molecule has 1 saturated carbocycles. The molecule has 1 aliphatic carbocycles. The van der Waals surface area contributed by atoms with Crippen molar-refractivity contribution in [3.8, 4) is 0 Å². The van der Waals surface area contributed by atoms with Gasteiger partial charge in [-0.15, -0.1) is 12.4 Å². The number of hydrogen-bond donors (Lipinski definition) is 3. The van der Waals surface area contributed by atoms with E-state index >= 15 is 0 Å². The molecule has 2 aliphatic rings. The van der Waals surface area contributed by atoms with Gasteiger partial charge < -0.3 is 15.7 Å². The molecule has 1 aliphatic heterocycles. The van der Waals surface area contributed by atoms with Gasteiger partial charge in [-0.05, 0) is 39.2 Å². The zero-order chi connectivity index (χ0) is 13.2. The Labute approximate surface area is 122 Å². The highest BCUT2D eigenvalue weighted by Gasteiger charge is 2.39. The normalized spacial score (nSPS) is 38.6. The quantitative estimate of drug-likeness (QED) is 0.740. The third-order valence-corrected chi connectivity index (χ3v) is 4.80. The number of hydrogen-bond acceptors (Lipinski definition) is 3. The van der Waals surface area contributed by atoms with E-state index in [1.54, 1.807) is 0 Å². The van der Waals surface area contributed by atoms with E-state index in [4.69, 9.17) is 0 Å². The van der Waals surface area contributed by atoms with Crippen molar-refractivity contribution >= 4 is 18.3 Å². The van der Waals surface area contributed by atoms with Crippen molar-refractivity contribution in [1.29, 1.82) is 0 Å². The number of nitrogens with one attached hydrogen (secondary N) is 2. The fourth-order valence-electron chi connectivity index (χ4n) is 3.15. The number of carbonyl (C=O) groups excluding carboxylic acids is 1. The fourth-order valence-corrected chi connectivity index (χ4v) is 3.15. The topological polar surface area (TPSA) is 61.4 Å². The highest BCUT2D eigenvalue weighted by atomic mass is 35.5. The van der Waals surface area contributed by atoms with Crippen LogP contribution in [0.15, 0.2) is 0 Å². The standard InChI is InChI=1S/C14H26N2O2.ClH/c1-13(7-4-3-6-11(13)17)10-15-12(18)14(2)8-5-9-16-14;/h11,16-17H,3-10H2,1-2H3,(H,15,18);1H. The van der Waals surface area contributed by atoms with Crippen molar-refractivity contribution in [2.75, 3.05) is 13.1 Å². The second kappa shape index (κ2) is 6.42. The van der Waals surface area contributed by atoms with Crippen molar-refractivity contribution in [2.24, 2.45) is 5.41 Å². The van der Waals surface area contributed by atoms with Gasteiger partial charge in [0.2, 0.25) is 5.91 Å². The summed E-state index contributed by atoms with van der Waals surface area (Å²) in [6, 6.07) is 0. The van der Waals surface area contributed by atoms with Gasteiger partial charge in [0, 0.05) is 12.0 Å². The summed E-state index contributed by atoms with van der Waals surface area (Å²) in [7, 11) is 0. The molecule has 0 bridgehead atoms. The molecule has 0 radical (unpaired) electrons. The second-order valence-corrected chi connectivity index (χ2v) is 6.46. The van der Waals surface area contributed by atoms with Crippen LogP contribution >= 0.6 is 12.4 Å². The third-order valence-electron chi connectivity index (χ3n) is 4.80. The molecule has 0 aromatic carbocycles. The van der Waals surface area contributed by atoms with Crippen LogP contribution in [0.25, 0.3) is 0 Å². The summed E-state index contributed by atoms with van der Waals surface area (Å²) in [6.45, 7) is 5.56. The molecule has 0 aromatic heterocycles. The molecule has 1 saturated heterocycles. The minimum atomic E-state index is -0.407. The molecule has 3 atom stereocenters. The lowest BCUT2D eigenvalue weighted by atomic mass is 9.73. The molecule has 0 aromatic rings. The maximum Gasteiger partial charge on any atom is 0.240 e. The van der Waals surface area contributed by atoms with E-state index in [2.05, 4.69) is 17.6 Å². The highest BCUT2D eigenvalue weighted by molar-refractivity contribution is 5.86. The van der Waals surface area contributed by atoms with Gasteiger partial charge in [0.1, 0.15) is 0 Å². The fraction of sp³-hybridized carbons (Fsp3) is 0.929. The Morgan fingerprint density at radius 2 is 2.05 bits per heavy atom. The van der Waals surface area contributed by atoms with Crippen molar-refractivity contribution in [2.45, 2.75) is 64.0 Å². The number of carbonyl (C=O) groups is 1. The van der Waals surface area contributed by atoms with E-state index in [9.17, 15) is 9.90 Å². The van der Waals surface area contributed by atoms with Crippen LogP contribution in [-0.2, 0) is 4.79 Å². The Balaban J connectivity index is 0.00000180. The van der Waals surface area contributed by atoms with E-state index in [1.807, 2.05) is 6.92 Å². The lowest BCUT2D eigenvalue weighted by Crippen LogP contribution is -2.54. The Bertz CT molecular complexity index is 319. The second-order valence-electron chi connectivity index (χ2n) is 6.46. The summed E-state index contributed by atoms with van der Waals surface area (Å²) >= 11 is 0. The molecule has 112 valence electrons. The Morgan fingerprint density at radius 1 is 1.32 bits per heavy atom. The first-order chi connectivity index (χ1) is 8.46. The summed E-state index contributed by atoms with van der Waals surface area (Å²) < 4.78 is 0. The van der Waals surface area contributed by atoms with Gasteiger partial charge in [-0.25, -0.2) is 0 Å². The molecule has 3 N–H and O–H groups in total. The van der Waals surface area contributed by atoms with Crippen LogP contribution in [0, 0.1) is 5.41 Å². The summed E-state index contributed by atoms with van der Waals surface area (Å²) in [5.74, 6) is 0.0824. The van der Waals surface area contributed by atoms with Crippen LogP contribution in [0.5, 0.6) is 0 Å². The number of rotatable bonds is 3. The molecule has 19 heavy (non-hydrogen) atoms. The zero-order valence-corrected chi connectivity index (χ0v) is 12.8. The van der Waals surface area contributed by atoms with E-state index < -0.39 is 5.54 Å². The lowest BCUT2D eigenvalue weighted by molar-refractivity contribution is -0.127. The van der Waals surface area contributed by atoms with Crippen molar-refractivity contribution in [1.82, 2.24) is 10.6 Å². The molecule has 4 nitrogen and oxygen atoms in total. The first kappa shape index (κ1) is 16.7. The van der Waals surface area contributed by atoms with E-state index in [-0.39, 0.29) is 29.8 Å². The highest BCUT2D eigenvalue weighted by Crippen LogP contribution is 2.35. The molecule has 1 amide bonds. The predicted molar refractivity (Wildman–Crippen MR) is 78.5 cm³/mol. The third kappa shape index (κ3) is 3.61. The van der Waals surface area contributed by atoms with Gasteiger partial charge in [0.15, 0.2) is 0 Å². The SMILES string of the molecule is CC1(C(=O)NCC2(C)CCCCC2O)CCCN1.Cl. The monoisotopic (exact) mass is 290 g/mol. The largest absolute Gasteiger partial charge is 0.392 e. The smallest absolute Gasteiger partial charge is 0.240 e. The van der Waals surface area contributed by atoms with Crippen molar-refractivity contribution < 1.29 is 9.90 Å². The first-order valence-electron chi connectivity index (χ1n) is 7.18. The molecule has 0 spiro atoms. The maximum atomic E-state index is 12.2. The van der Waals surface area contributed by atoms with Gasteiger partial charge in [-0.3, -0.25) is 4.79 Å². The van der Waals surface area contributed by atoms with Crippen molar-refractivity contribution in [3.05, 3.63) is 0 Å². The minimum Gasteiger partial charge on any atom is -0.392 e. The summed E-state index contributed by atoms with van der Waals surface area (Å²) in [4.78, 5) is 12.2. The Kier molecular flexibility index (Phi) is 5.65. The Hall–Kier alpha value is -0.320. The maximum absolute atomic E-state index is 12.2. The molecular formula is C14H27ClN2O2. The van der Waals surface area contributed by atoms with Gasteiger partial charge in [-0.2, -0.15) is 0 Å². The molecule has 5 heteroatoms. The first-order valence-corrected chi connectivity index (χ1v) is 7.18. The minimum absolute atomic E-state index is 0. The van der Waals surface area contributed by atoms with Crippen LogP contribution in [-0.4, -0.2) is 35.7 Å². The van der Waals surface area contributed by atoms with Gasteiger partial charge in [-0.1, -0.05) is 19.8 Å². The summed E-state index contributed by atoms with van der Waals surface area (Å²) in [5.41, 5.74) is -0.557. The van der Waals surface area contributed by atoms with Crippen LogP contribution in [0.4, 0.5) is 0 Å². The number of aliphatic hydroxyl groups is 1. The number of halogens is 1. The molecule has 2 rings (SSSR count). The van der Waals surface area contributed by atoms with Gasteiger partial charge in [0.25, 0.3) is 0 Å². The summed E-state index contributed by atoms with van der Waals surface area (Å²) in [6.07, 6.45) is 5.79. The van der Waals surface area contributed by atoms with Gasteiger partial charge in [0.05, 0.1) is 11.6 Å². The van der Waals surface area contributed by atoms with E-state index in [0.717, 1.165) is 45.1 Å². The number of amides is 1. The zero-order valence-electron chi connectivity index (χ0n) is 12.0. The molecule has 2 fully saturated rings. The van der Waals surface area contributed by atoms with Crippen molar-refractivity contribution in [3.63, 3.8) is 0 Å². The molecular weight excluding hydrogens is 264 g/mol. The van der Waals surface area contributed by atoms with E-state index in [1.165, 1.54) is 0 Å². The predicted octanol–water partition coefficient (Wildman–Crippen LogP) is 1.61. The Morgan fingerprint density at radius 3 is 2.63 bits per heavy atom. The van der Waals surface area contributed by atoms with Crippen LogP contribution in [0.1, 0.15) is 52.4 Å². The van der Waals surface area contributed by atoms with Crippen LogP contribution < -0.4 is 10.6 Å². The van der Waals surface area contributed by atoms with Crippen LogP contribution in [0.3, 0.4) is 0 Å². The molecule has 1 heterocycles. The molecule has 3 unspecified atom stereocenters.